The molecule has 0 aliphatic heterocycles. The number of para-hydroxylation sites is 1. The molecule has 0 radical (unpaired) electrons. The van der Waals surface area contributed by atoms with E-state index >= 15 is 0 Å². The van der Waals surface area contributed by atoms with Gasteiger partial charge in [0.25, 0.3) is 0 Å². The van der Waals surface area contributed by atoms with Gasteiger partial charge in [-0.3, -0.25) is 0 Å². The molecular formula is C15H14ClF2NO. The summed E-state index contributed by atoms with van der Waals surface area (Å²) in [6, 6.07) is 8.14. The summed E-state index contributed by atoms with van der Waals surface area (Å²) in [5.41, 5.74) is 6.56. The molecule has 0 amide bonds. The average molecular weight is 298 g/mol. The lowest BCUT2D eigenvalue weighted by atomic mass is 10.1. The zero-order valence-corrected chi connectivity index (χ0v) is 11.6. The van der Waals surface area contributed by atoms with E-state index in [4.69, 9.17) is 22.1 Å². The second-order valence-electron chi connectivity index (χ2n) is 4.62. The summed E-state index contributed by atoms with van der Waals surface area (Å²) in [6.07, 6.45) is 0.549. The smallest absolute Gasteiger partial charge is 0.149 e. The number of ether oxygens (including phenoxy) is 1. The van der Waals surface area contributed by atoms with Crippen LogP contribution in [0.4, 0.5) is 8.78 Å². The molecule has 0 fully saturated rings. The molecule has 0 bridgehead atoms. The van der Waals surface area contributed by atoms with Gasteiger partial charge in [0.05, 0.1) is 5.02 Å². The first-order chi connectivity index (χ1) is 9.45. The monoisotopic (exact) mass is 297 g/mol. The number of rotatable bonds is 4. The maximum atomic E-state index is 13.2. The molecule has 2 aromatic rings. The third kappa shape index (κ3) is 3.68. The molecule has 0 aromatic heterocycles. The maximum Gasteiger partial charge on any atom is 0.149 e. The highest BCUT2D eigenvalue weighted by Crippen LogP contribution is 2.34. The molecule has 5 heteroatoms. The molecule has 1 unspecified atom stereocenters. The van der Waals surface area contributed by atoms with E-state index < -0.39 is 11.6 Å². The topological polar surface area (TPSA) is 35.2 Å². The summed E-state index contributed by atoms with van der Waals surface area (Å²) >= 11 is 6.09. The van der Waals surface area contributed by atoms with Crippen LogP contribution in [0.25, 0.3) is 0 Å². The highest BCUT2D eigenvalue weighted by molar-refractivity contribution is 6.32. The molecule has 1 atom stereocenters. The number of nitrogens with two attached hydrogens (primary N) is 1. The molecule has 0 heterocycles. The van der Waals surface area contributed by atoms with Crippen molar-refractivity contribution >= 4 is 11.6 Å². The molecular weight excluding hydrogens is 284 g/mol. The normalized spacial score (nSPS) is 12.2. The van der Waals surface area contributed by atoms with Gasteiger partial charge >= 0.3 is 0 Å². The van der Waals surface area contributed by atoms with Crippen LogP contribution in [0, 0.1) is 11.6 Å². The number of halogens is 3. The molecule has 0 saturated heterocycles. The average Bonchev–Trinajstić information content (AvgIpc) is 2.31. The lowest BCUT2D eigenvalue weighted by Gasteiger charge is -2.14. The van der Waals surface area contributed by atoms with E-state index in [-0.39, 0.29) is 11.8 Å². The van der Waals surface area contributed by atoms with Crippen LogP contribution in [0.5, 0.6) is 11.5 Å². The van der Waals surface area contributed by atoms with Gasteiger partial charge in [-0.25, -0.2) is 8.78 Å². The Bertz CT molecular complexity index is 597. The van der Waals surface area contributed by atoms with Crippen molar-refractivity contribution in [3.05, 3.63) is 58.6 Å². The van der Waals surface area contributed by atoms with Crippen molar-refractivity contribution in [1.29, 1.82) is 0 Å². The summed E-state index contributed by atoms with van der Waals surface area (Å²) in [5, 5.41) is 0.368. The van der Waals surface area contributed by atoms with Crippen molar-refractivity contribution in [3.63, 3.8) is 0 Å². The van der Waals surface area contributed by atoms with E-state index in [1.54, 1.807) is 12.1 Å². The minimum absolute atomic E-state index is 0.0570. The van der Waals surface area contributed by atoms with E-state index in [1.807, 2.05) is 13.0 Å². The van der Waals surface area contributed by atoms with Crippen molar-refractivity contribution in [2.75, 3.05) is 0 Å². The van der Waals surface area contributed by atoms with Gasteiger partial charge in [0.1, 0.15) is 23.1 Å². The lowest BCUT2D eigenvalue weighted by molar-refractivity contribution is 0.461. The van der Waals surface area contributed by atoms with Crippen LogP contribution in [-0.2, 0) is 6.42 Å². The van der Waals surface area contributed by atoms with Gasteiger partial charge in [-0.05, 0) is 25.0 Å². The fourth-order valence-electron chi connectivity index (χ4n) is 1.88. The summed E-state index contributed by atoms with van der Waals surface area (Å²) in [6.45, 7) is 1.85. The fourth-order valence-corrected chi connectivity index (χ4v) is 2.11. The van der Waals surface area contributed by atoms with Crippen LogP contribution in [0.2, 0.25) is 5.02 Å². The van der Waals surface area contributed by atoms with E-state index in [0.29, 0.717) is 17.2 Å². The van der Waals surface area contributed by atoms with Gasteiger partial charge in [0, 0.05) is 24.2 Å². The van der Waals surface area contributed by atoms with E-state index in [9.17, 15) is 8.78 Å². The molecule has 0 aliphatic carbocycles. The summed E-state index contributed by atoms with van der Waals surface area (Å²) < 4.78 is 31.9. The largest absolute Gasteiger partial charge is 0.455 e. The van der Waals surface area contributed by atoms with Crippen LogP contribution in [0.1, 0.15) is 12.5 Å². The number of hydrogen-bond acceptors (Lipinski definition) is 2. The molecule has 2 nitrogen and oxygen atoms in total. The number of benzene rings is 2. The lowest BCUT2D eigenvalue weighted by Crippen LogP contribution is -2.18. The number of hydrogen-bond donors (Lipinski definition) is 1. The second kappa shape index (κ2) is 6.20. The van der Waals surface area contributed by atoms with Gasteiger partial charge in [-0.2, -0.15) is 0 Å². The first-order valence-electron chi connectivity index (χ1n) is 6.12. The molecule has 0 aliphatic rings. The van der Waals surface area contributed by atoms with Gasteiger partial charge in [0.15, 0.2) is 0 Å². The first kappa shape index (κ1) is 14.8. The molecule has 0 saturated carbocycles. The zero-order chi connectivity index (χ0) is 14.7. The van der Waals surface area contributed by atoms with Crippen molar-refractivity contribution in [3.8, 4) is 11.5 Å². The van der Waals surface area contributed by atoms with Crippen LogP contribution in [0.3, 0.4) is 0 Å². The minimum atomic E-state index is -0.708. The Morgan fingerprint density at radius 1 is 1.20 bits per heavy atom. The van der Waals surface area contributed by atoms with E-state index in [2.05, 4.69) is 0 Å². The van der Waals surface area contributed by atoms with Gasteiger partial charge in [0.2, 0.25) is 0 Å². The fraction of sp³-hybridized carbons (Fsp3) is 0.200. The quantitative estimate of drug-likeness (QED) is 0.913. The summed E-state index contributed by atoms with van der Waals surface area (Å²) in [4.78, 5) is 0. The van der Waals surface area contributed by atoms with Crippen molar-refractivity contribution in [2.45, 2.75) is 19.4 Å². The van der Waals surface area contributed by atoms with Gasteiger partial charge < -0.3 is 10.5 Å². The van der Waals surface area contributed by atoms with Crippen LogP contribution >= 0.6 is 11.6 Å². The SMILES string of the molecule is CC(N)Cc1cccc(Cl)c1Oc1cc(F)cc(F)c1. The zero-order valence-electron chi connectivity index (χ0n) is 10.9. The highest BCUT2D eigenvalue weighted by atomic mass is 35.5. The molecule has 2 aromatic carbocycles. The Morgan fingerprint density at radius 2 is 1.85 bits per heavy atom. The first-order valence-corrected chi connectivity index (χ1v) is 6.50. The Labute approximate surface area is 121 Å². The molecule has 2 rings (SSSR count). The van der Waals surface area contributed by atoms with Gasteiger partial charge in [-0.15, -0.1) is 0 Å². The van der Waals surface area contributed by atoms with Gasteiger partial charge in [-0.1, -0.05) is 23.7 Å². The Kier molecular flexibility index (Phi) is 4.57. The predicted molar refractivity (Wildman–Crippen MR) is 75.2 cm³/mol. The van der Waals surface area contributed by atoms with Crippen LogP contribution < -0.4 is 10.5 Å². The minimum Gasteiger partial charge on any atom is -0.455 e. The highest BCUT2D eigenvalue weighted by Gasteiger charge is 2.12. The van der Waals surface area contributed by atoms with Crippen molar-refractivity contribution in [2.24, 2.45) is 5.73 Å². The molecule has 0 spiro atoms. The predicted octanol–water partition coefficient (Wildman–Crippen LogP) is 4.30. The molecule has 2 N–H and O–H groups in total. The molecule has 106 valence electrons. The van der Waals surface area contributed by atoms with Crippen LogP contribution in [0.15, 0.2) is 36.4 Å². The van der Waals surface area contributed by atoms with Crippen molar-refractivity contribution < 1.29 is 13.5 Å². The molecule has 20 heavy (non-hydrogen) atoms. The Balaban J connectivity index is 2.36. The Morgan fingerprint density at radius 3 is 2.45 bits per heavy atom. The third-order valence-electron chi connectivity index (χ3n) is 2.65. The van der Waals surface area contributed by atoms with Crippen LogP contribution in [-0.4, -0.2) is 6.04 Å². The second-order valence-corrected chi connectivity index (χ2v) is 5.02. The van der Waals surface area contributed by atoms with E-state index in [0.717, 1.165) is 23.8 Å². The summed E-state index contributed by atoms with van der Waals surface area (Å²) in [7, 11) is 0. The Hall–Kier alpha value is -1.65. The summed E-state index contributed by atoms with van der Waals surface area (Å²) in [5.74, 6) is -0.986. The maximum absolute atomic E-state index is 13.2. The van der Waals surface area contributed by atoms with Crippen molar-refractivity contribution in [1.82, 2.24) is 0 Å². The standard InChI is InChI=1S/C15H14ClF2NO/c1-9(19)5-10-3-2-4-14(16)15(10)20-13-7-11(17)6-12(18)8-13/h2-4,6-9H,5,19H2,1H3. The third-order valence-corrected chi connectivity index (χ3v) is 2.94. The van der Waals surface area contributed by atoms with E-state index in [1.165, 1.54) is 0 Å².